The van der Waals surface area contributed by atoms with Crippen LogP contribution in [0.1, 0.15) is 59.3 Å². The maximum atomic E-state index is 2.62. The van der Waals surface area contributed by atoms with E-state index >= 15 is 0 Å². The molecule has 0 spiro atoms. The Kier molecular flexibility index (Phi) is 3.04. The van der Waals surface area contributed by atoms with Crippen LogP contribution in [0.2, 0.25) is 0 Å². The second-order valence-electron chi connectivity index (χ2n) is 8.46. The van der Waals surface area contributed by atoms with Gasteiger partial charge in [-0.15, -0.1) is 0 Å². The Bertz CT molecular complexity index is 522. The molecule has 0 bridgehead atoms. The topological polar surface area (TPSA) is 0 Å². The molecule has 2 fully saturated rings. The molecule has 0 N–H and O–H groups in total. The van der Waals surface area contributed by atoms with Crippen LogP contribution in [-0.4, -0.2) is 0 Å². The van der Waals surface area contributed by atoms with Crippen molar-refractivity contribution in [1.29, 1.82) is 0 Å². The predicted molar refractivity (Wildman–Crippen MR) is 89.9 cm³/mol. The lowest BCUT2D eigenvalue weighted by molar-refractivity contribution is 0.00108. The van der Waals surface area contributed by atoms with Gasteiger partial charge in [0, 0.05) is 5.41 Å². The quantitative estimate of drug-likeness (QED) is 0.524. The number of rotatable bonds is 1. The molecule has 0 aliphatic heterocycles. The van der Waals surface area contributed by atoms with Crippen molar-refractivity contribution in [2.75, 3.05) is 0 Å². The highest BCUT2D eigenvalue weighted by molar-refractivity contribution is 5.40. The highest BCUT2D eigenvalue weighted by Gasteiger charge is 2.56. The molecule has 2 saturated carbocycles. The van der Waals surface area contributed by atoms with Crippen molar-refractivity contribution in [2.45, 2.75) is 59.3 Å². The molecule has 0 aromatic carbocycles. The van der Waals surface area contributed by atoms with Gasteiger partial charge >= 0.3 is 0 Å². The van der Waals surface area contributed by atoms with E-state index in [-0.39, 0.29) is 0 Å². The zero-order chi connectivity index (χ0) is 14.7. The molecule has 0 nitrogen and oxygen atoms in total. The molecule has 0 amide bonds. The van der Waals surface area contributed by atoms with E-state index < -0.39 is 0 Å². The summed E-state index contributed by atoms with van der Waals surface area (Å²) in [4.78, 5) is 0. The SMILES string of the molecule is CC[C@@H]1CC[C@H]2[C@@H]3C=CC4=CCC=C[C@]4(C)[C@H]3CC[C@]12C. The van der Waals surface area contributed by atoms with Crippen LogP contribution in [-0.2, 0) is 0 Å². The van der Waals surface area contributed by atoms with Gasteiger partial charge in [-0.25, -0.2) is 0 Å². The minimum absolute atomic E-state index is 0.323. The normalized spacial score (nSPS) is 51.1. The zero-order valence-corrected chi connectivity index (χ0v) is 13.9. The Morgan fingerprint density at radius 3 is 2.81 bits per heavy atom. The number of hydrogen-bond acceptors (Lipinski definition) is 0. The first-order valence-corrected chi connectivity index (χ1v) is 9.16. The molecule has 0 radical (unpaired) electrons. The van der Waals surface area contributed by atoms with Gasteiger partial charge in [-0.2, -0.15) is 0 Å². The smallest absolute Gasteiger partial charge is 0.0134 e. The molecule has 0 aromatic rings. The van der Waals surface area contributed by atoms with Gasteiger partial charge in [-0.1, -0.05) is 57.6 Å². The molecule has 114 valence electrons. The molecule has 4 aliphatic rings. The van der Waals surface area contributed by atoms with E-state index in [0.29, 0.717) is 10.8 Å². The minimum atomic E-state index is 0.323. The van der Waals surface area contributed by atoms with Crippen LogP contribution in [0.15, 0.2) is 36.0 Å². The average molecular weight is 282 g/mol. The van der Waals surface area contributed by atoms with Crippen LogP contribution in [0.4, 0.5) is 0 Å². The Hall–Kier alpha value is -0.780. The van der Waals surface area contributed by atoms with Crippen LogP contribution < -0.4 is 0 Å². The fourth-order valence-electron chi connectivity index (χ4n) is 6.57. The maximum Gasteiger partial charge on any atom is 0.0134 e. The lowest BCUT2D eigenvalue weighted by Crippen LogP contribution is -2.47. The lowest BCUT2D eigenvalue weighted by atomic mass is 9.49. The Morgan fingerprint density at radius 1 is 1.14 bits per heavy atom. The summed E-state index contributed by atoms with van der Waals surface area (Å²) in [6.45, 7) is 7.53. The first kappa shape index (κ1) is 13.9. The summed E-state index contributed by atoms with van der Waals surface area (Å²) < 4.78 is 0. The number of fused-ring (bicyclic) bond motifs is 5. The molecular formula is C21H30. The van der Waals surface area contributed by atoms with Gasteiger partial charge in [0.2, 0.25) is 0 Å². The van der Waals surface area contributed by atoms with Crippen molar-refractivity contribution in [3.63, 3.8) is 0 Å². The van der Waals surface area contributed by atoms with E-state index in [2.05, 4.69) is 51.2 Å². The van der Waals surface area contributed by atoms with Gasteiger partial charge in [-0.05, 0) is 66.8 Å². The van der Waals surface area contributed by atoms with E-state index in [1.165, 1.54) is 32.1 Å². The molecule has 6 atom stereocenters. The van der Waals surface area contributed by atoms with Crippen LogP contribution in [0.5, 0.6) is 0 Å². The highest BCUT2D eigenvalue weighted by Crippen LogP contribution is 2.64. The summed E-state index contributed by atoms with van der Waals surface area (Å²) in [5.41, 5.74) is 2.54. The number of hydrogen-bond donors (Lipinski definition) is 0. The van der Waals surface area contributed by atoms with E-state index in [0.717, 1.165) is 30.1 Å². The van der Waals surface area contributed by atoms with Crippen molar-refractivity contribution in [1.82, 2.24) is 0 Å². The predicted octanol–water partition coefficient (Wildman–Crippen LogP) is 5.92. The van der Waals surface area contributed by atoms with Crippen molar-refractivity contribution in [3.05, 3.63) is 36.0 Å². The van der Waals surface area contributed by atoms with Crippen molar-refractivity contribution in [3.8, 4) is 0 Å². The summed E-state index contributed by atoms with van der Waals surface area (Å²) in [7, 11) is 0. The standard InChI is InChI=1S/C21H30/c1-4-15-9-11-18-17-10-8-16-7-5-6-13-20(16,2)19(17)12-14-21(15,18)3/h6-8,10,13,15,17-19H,4-5,9,11-12,14H2,1-3H3/t15-,17+,18+,19+,20+,21-/m1/s1. The summed E-state index contributed by atoms with van der Waals surface area (Å²) in [6, 6.07) is 0. The Balaban J connectivity index is 1.73. The van der Waals surface area contributed by atoms with Gasteiger partial charge in [-0.3, -0.25) is 0 Å². The molecule has 0 unspecified atom stereocenters. The minimum Gasteiger partial charge on any atom is -0.0838 e. The molecule has 0 heteroatoms. The zero-order valence-electron chi connectivity index (χ0n) is 13.9. The van der Waals surface area contributed by atoms with E-state index in [4.69, 9.17) is 0 Å². The molecule has 4 aliphatic carbocycles. The fourth-order valence-corrected chi connectivity index (χ4v) is 6.57. The van der Waals surface area contributed by atoms with Crippen LogP contribution in [0.25, 0.3) is 0 Å². The van der Waals surface area contributed by atoms with Crippen LogP contribution in [0.3, 0.4) is 0 Å². The van der Waals surface area contributed by atoms with E-state index in [9.17, 15) is 0 Å². The largest absolute Gasteiger partial charge is 0.0838 e. The first-order chi connectivity index (χ1) is 10.1. The Labute approximate surface area is 130 Å². The molecular weight excluding hydrogens is 252 g/mol. The Morgan fingerprint density at radius 2 is 2.00 bits per heavy atom. The molecule has 21 heavy (non-hydrogen) atoms. The third kappa shape index (κ3) is 1.74. The van der Waals surface area contributed by atoms with Crippen LogP contribution in [0, 0.1) is 34.5 Å². The van der Waals surface area contributed by atoms with Crippen molar-refractivity contribution < 1.29 is 0 Å². The van der Waals surface area contributed by atoms with Gasteiger partial charge < -0.3 is 0 Å². The summed E-state index contributed by atoms with van der Waals surface area (Å²) >= 11 is 0. The van der Waals surface area contributed by atoms with Crippen LogP contribution >= 0.6 is 0 Å². The average Bonchev–Trinajstić information content (AvgIpc) is 2.83. The van der Waals surface area contributed by atoms with E-state index in [1.807, 2.05) is 0 Å². The van der Waals surface area contributed by atoms with Gasteiger partial charge in [0.1, 0.15) is 0 Å². The second-order valence-corrected chi connectivity index (χ2v) is 8.46. The fraction of sp³-hybridized carbons (Fsp3) is 0.714. The highest BCUT2D eigenvalue weighted by atomic mass is 14.6. The number of allylic oxidation sites excluding steroid dienone is 6. The van der Waals surface area contributed by atoms with E-state index in [1.54, 1.807) is 5.57 Å². The lowest BCUT2D eigenvalue weighted by Gasteiger charge is -2.55. The van der Waals surface area contributed by atoms with Gasteiger partial charge in [0.15, 0.2) is 0 Å². The molecule has 4 rings (SSSR count). The first-order valence-electron chi connectivity index (χ1n) is 9.16. The summed E-state index contributed by atoms with van der Waals surface area (Å²) in [6.07, 6.45) is 20.8. The molecule has 0 saturated heterocycles. The third-order valence-corrected chi connectivity index (χ3v) is 7.85. The monoisotopic (exact) mass is 282 g/mol. The maximum absolute atomic E-state index is 2.62. The summed E-state index contributed by atoms with van der Waals surface area (Å²) in [5.74, 6) is 3.58. The van der Waals surface area contributed by atoms with Gasteiger partial charge in [0.25, 0.3) is 0 Å². The second kappa shape index (κ2) is 4.61. The molecule has 0 heterocycles. The van der Waals surface area contributed by atoms with Crippen molar-refractivity contribution in [2.24, 2.45) is 34.5 Å². The van der Waals surface area contributed by atoms with Crippen molar-refractivity contribution >= 4 is 0 Å². The summed E-state index contributed by atoms with van der Waals surface area (Å²) in [5, 5.41) is 0. The third-order valence-electron chi connectivity index (χ3n) is 7.85. The van der Waals surface area contributed by atoms with Gasteiger partial charge in [0.05, 0.1) is 0 Å². The molecule has 0 aromatic heterocycles.